The molecule has 1 aromatic heterocycles. The Balaban J connectivity index is 1.81. The van der Waals surface area contributed by atoms with E-state index in [2.05, 4.69) is 16.0 Å². The van der Waals surface area contributed by atoms with Gasteiger partial charge in [-0.05, 0) is 47.9 Å². The fraction of sp³-hybridized carbons (Fsp3) is 0.188. The van der Waals surface area contributed by atoms with E-state index in [1.807, 2.05) is 19.1 Å². The number of imidazole rings is 1. The van der Waals surface area contributed by atoms with Crippen molar-refractivity contribution < 1.29 is 4.39 Å². The second-order valence-electron chi connectivity index (χ2n) is 4.97. The van der Waals surface area contributed by atoms with Crippen molar-refractivity contribution in [2.45, 2.75) is 24.4 Å². The number of aryl methyl sites for hydroxylation is 1. The highest BCUT2D eigenvalue weighted by atomic mass is 32.2. The summed E-state index contributed by atoms with van der Waals surface area (Å²) in [6.07, 6.45) is 0. The zero-order chi connectivity index (χ0) is 14.8. The Kier molecular flexibility index (Phi) is 3.94. The van der Waals surface area contributed by atoms with Crippen molar-refractivity contribution in [2.75, 3.05) is 0 Å². The second-order valence-corrected chi connectivity index (χ2v) is 5.93. The van der Waals surface area contributed by atoms with E-state index >= 15 is 0 Å². The normalized spacial score (nSPS) is 11.2. The SMILES string of the molecule is Cc1ccc2nc(SCc3cc(F)ccc3CN)[nH]c2c1. The van der Waals surface area contributed by atoms with Crippen molar-refractivity contribution in [1.82, 2.24) is 9.97 Å². The monoisotopic (exact) mass is 301 g/mol. The fourth-order valence-electron chi connectivity index (χ4n) is 2.24. The highest BCUT2D eigenvalue weighted by Crippen LogP contribution is 2.25. The molecule has 0 aliphatic carbocycles. The zero-order valence-electron chi connectivity index (χ0n) is 11.7. The predicted molar refractivity (Wildman–Crippen MR) is 84.7 cm³/mol. The summed E-state index contributed by atoms with van der Waals surface area (Å²) in [6, 6.07) is 10.8. The summed E-state index contributed by atoms with van der Waals surface area (Å²) in [4.78, 5) is 7.81. The van der Waals surface area contributed by atoms with Crippen LogP contribution in [0.15, 0.2) is 41.6 Å². The third-order valence-electron chi connectivity index (χ3n) is 3.37. The molecular weight excluding hydrogens is 285 g/mol. The van der Waals surface area contributed by atoms with Gasteiger partial charge in [0.25, 0.3) is 0 Å². The summed E-state index contributed by atoms with van der Waals surface area (Å²) in [5, 5.41) is 0.836. The van der Waals surface area contributed by atoms with Crippen LogP contribution in [0.3, 0.4) is 0 Å². The highest BCUT2D eigenvalue weighted by Gasteiger charge is 2.07. The average molecular weight is 301 g/mol. The number of benzene rings is 2. The molecule has 0 unspecified atom stereocenters. The lowest BCUT2D eigenvalue weighted by molar-refractivity contribution is 0.625. The van der Waals surface area contributed by atoms with E-state index in [1.54, 1.807) is 23.9 Å². The smallest absolute Gasteiger partial charge is 0.166 e. The van der Waals surface area contributed by atoms with Crippen LogP contribution in [0, 0.1) is 12.7 Å². The van der Waals surface area contributed by atoms with Gasteiger partial charge in [0, 0.05) is 12.3 Å². The number of aromatic amines is 1. The molecule has 0 aliphatic heterocycles. The number of nitrogens with one attached hydrogen (secondary N) is 1. The van der Waals surface area contributed by atoms with Gasteiger partial charge in [0.05, 0.1) is 11.0 Å². The summed E-state index contributed by atoms with van der Waals surface area (Å²) in [5.74, 6) is 0.409. The first-order chi connectivity index (χ1) is 10.2. The molecule has 1 heterocycles. The number of H-pyrrole nitrogens is 1. The number of halogens is 1. The van der Waals surface area contributed by atoms with E-state index in [-0.39, 0.29) is 5.82 Å². The van der Waals surface area contributed by atoms with Gasteiger partial charge in [-0.1, -0.05) is 23.9 Å². The number of aromatic nitrogens is 2. The van der Waals surface area contributed by atoms with Gasteiger partial charge in [0.1, 0.15) is 5.82 Å². The van der Waals surface area contributed by atoms with Gasteiger partial charge < -0.3 is 10.7 Å². The fourth-order valence-corrected chi connectivity index (χ4v) is 3.15. The number of hydrogen-bond acceptors (Lipinski definition) is 3. The van der Waals surface area contributed by atoms with Crippen LogP contribution in [0.25, 0.3) is 11.0 Å². The van der Waals surface area contributed by atoms with Crippen LogP contribution in [0.1, 0.15) is 16.7 Å². The van der Waals surface area contributed by atoms with Gasteiger partial charge in [-0.2, -0.15) is 0 Å². The van der Waals surface area contributed by atoms with E-state index in [1.165, 1.54) is 11.6 Å². The molecule has 3 rings (SSSR count). The molecule has 21 heavy (non-hydrogen) atoms. The molecule has 0 atom stereocenters. The van der Waals surface area contributed by atoms with Crippen molar-refractivity contribution in [1.29, 1.82) is 0 Å². The third kappa shape index (κ3) is 3.09. The Morgan fingerprint density at radius 1 is 1.19 bits per heavy atom. The predicted octanol–water partition coefficient (Wildman–Crippen LogP) is 3.76. The Morgan fingerprint density at radius 2 is 2.05 bits per heavy atom. The van der Waals surface area contributed by atoms with Crippen LogP contribution in [0.2, 0.25) is 0 Å². The minimum absolute atomic E-state index is 0.233. The molecule has 5 heteroatoms. The maximum Gasteiger partial charge on any atom is 0.166 e. The Morgan fingerprint density at radius 3 is 2.86 bits per heavy atom. The molecule has 0 amide bonds. The minimum atomic E-state index is -0.233. The Hall–Kier alpha value is -1.85. The molecule has 0 fully saturated rings. The first-order valence-corrected chi connectivity index (χ1v) is 7.71. The number of thioether (sulfide) groups is 1. The van der Waals surface area contributed by atoms with Crippen molar-refractivity contribution in [3.8, 4) is 0 Å². The van der Waals surface area contributed by atoms with Gasteiger partial charge in [-0.3, -0.25) is 0 Å². The lowest BCUT2D eigenvalue weighted by atomic mass is 10.1. The van der Waals surface area contributed by atoms with Crippen LogP contribution < -0.4 is 5.73 Å². The number of rotatable bonds is 4. The molecule has 0 aliphatic rings. The second kappa shape index (κ2) is 5.87. The van der Waals surface area contributed by atoms with E-state index in [0.717, 1.165) is 27.3 Å². The maximum absolute atomic E-state index is 13.3. The van der Waals surface area contributed by atoms with Gasteiger partial charge in [-0.15, -0.1) is 0 Å². The average Bonchev–Trinajstić information content (AvgIpc) is 2.87. The molecule has 3 nitrogen and oxygen atoms in total. The van der Waals surface area contributed by atoms with Gasteiger partial charge in [0.2, 0.25) is 0 Å². The van der Waals surface area contributed by atoms with E-state index < -0.39 is 0 Å². The van der Waals surface area contributed by atoms with Crippen LogP contribution in [0.4, 0.5) is 4.39 Å². The van der Waals surface area contributed by atoms with E-state index in [0.29, 0.717) is 12.3 Å². The molecule has 3 aromatic rings. The largest absolute Gasteiger partial charge is 0.333 e. The van der Waals surface area contributed by atoms with Crippen LogP contribution >= 0.6 is 11.8 Å². The minimum Gasteiger partial charge on any atom is -0.333 e. The van der Waals surface area contributed by atoms with Crippen molar-refractivity contribution in [3.63, 3.8) is 0 Å². The molecule has 0 spiro atoms. The highest BCUT2D eigenvalue weighted by molar-refractivity contribution is 7.98. The molecule has 0 radical (unpaired) electrons. The molecular formula is C16H16FN3S. The molecule has 0 saturated carbocycles. The third-order valence-corrected chi connectivity index (χ3v) is 4.29. The van der Waals surface area contributed by atoms with Crippen molar-refractivity contribution >= 4 is 22.8 Å². The standard InChI is InChI=1S/C16H16FN3S/c1-10-2-5-14-15(6-10)20-16(19-14)21-9-12-7-13(17)4-3-11(12)8-18/h2-7H,8-9,18H2,1H3,(H,19,20). The van der Waals surface area contributed by atoms with Crippen molar-refractivity contribution in [3.05, 3.63) is 58.9 Å². The molecule has 3 N–H and O–H groups in total. The molecule has 0 saturated heterocycles. The quantitative estimate of drug-likeness (QED) is 0.721. The Bertz CT molecular complexity index is 782. The van der Waals surface area contributed by atoms with E-state index in [9.17, 15) is 4.39 Å². The Labute approximate surface area is 126 Å². The summed E-state index contributed by atoms with van der Waals surface area (Å²) >= 11 is 1.55. The number of nitrogens with zero attached hydrogens (tertiary/aromatic N) is 1. The number of hydrogen-bond donors (Lipinski definition) is 2. The summed E-state index contributed by atoms with van der Waals surface area (Å²) in [5.41, 5.74) is 10.7. The van der Waals surface area contributed by atoms with Crippen molar-refractivity contribution in [2.24, 2.45) is 5.73 Å². The molecule has 108 valence electrons. The molecule has 2 aromatic carbocycles. The van der Waals surface area contributed by atoms with E-state index in [4.69, 9.17) is 5.73 Å². The zero-order valence-corrected chi connectivity index (χ0v) is 12.5. The number of fused-ring (bicyclic) bond motifs is 1. The first kappa shape index (κ1) is 14.1. The first-order valence-electron chi connectivity index (χ1n) is 6.72. The van der Waals surface area contributed by atoms with Crippen LogP contribution in [0.5, 0.6) is 0 Å². The summed E-state index contributed by atoms with van der Waals surface area (Å²) in [6.45, 7) is 2.46. The van der Waals surface area contributed by atoms with Gasteiger partial charge in [0.15, 0.2) is 5.16 Å². The van der Waals surface area contributed by atoms with Crippen LogP contribution in [-0.4, -0.2) is 9.97 Å². The maximum atomic E-state index is 13.3. The summed E-state index contributed by atoms with van der Waals surface area (Å²) in [7, 11) is 0. The molecule has 0 bridgehead atoms. The topological polar surface area (TPSA) is 54.7 Å². The lowest BCUT2D eigenvalue weighted by Gasteiger charge is -2.06. The van der Waals surface area contributed by atoms with Crippen LogP contribution in [-0.2, 0) is 12.3 Å². The number of nitrogens with two attached hydrogens (primary N) is 1. The van der Waals surface area contributed by atoms with Gasteiger partial charge in [-0.25, -0.2) is 9.37 Å². The summed E-state index contributed by atoms with van der Waals surface area (Å²) < 4.78 is 13.3. The van der Waals surface area contributed by atoms with Gasteiger partial charge >= 0.3 is 0 Å². The lowest BCUT2D eigenvalue weighted by Crippen LogP contribution is -2.01.